The summed E-state index contributed by atoms with van der Waals surface area (Å²) in [6.45, 7) is 1.54. The summed E-state index contributed by atoms with van der Waals surface area (Å²) in [4.78, 5) is 20.8. The quantitative estimate of drug-likeness (QED) is 0.777. The Morgan fingerprint density at radius 1 is 1.24 bits per heavy atom. The Bertz CT molecular complexity index is 502. The number of rotatable bonds is 5. The van der Waals surface area contributed by atoms with Crippen molar-refractivity contribution in [3.8, 4) is 0 Å². The summed E-state index contributed by atoms with van der Waals surface area (Å²) >= 11 is 11.9. The summed E-state index contributed by atoms with van der Waals surface area (Å²) in [5.74, 6) is -0.0436. The van der Waals surface area contributed by atoms with E-state index in [9.17, 15) is 4.79 Å². The zero-order valence-corrected chi connectivity index (χ0v) is 14.0. The van der Waals surface area contributed by atoms with E-state index < -0.39 is 0 Å². The summed E-state index contributed by atoms with van der Waals surface area (Å²) < 4.78 is 0. The van der Waals surface area contributed by atoms with E-state index in [1.807, 2.05) is 19.0 Å². The average Bonchev–Trinajstić information content (AvgIpc) is 2.92. The van der Waals surface area contributed by atoms with E-state index in [4.69, 9.17) is 23.2 Å². The number of likely N-dealkylation sites (N-methyl/N-ethyl adjacent to an activating group) is 1. The van der Waals surface area contributed by atoms with Crippen molar-refractivity contribution in [3.05, 3.63) is 28.0 Å². The lowest BCUT2D eigenvalue weighted by molar-refractivity contribution is 0.0667. The van der Waals surface area contributed by atoms with Crippen molar-refractivity contribution in [1.82, 2.24) is 14.8 Å². The van der Waals surface area contributed by atoms with Gasteiger partial charge in [-0.2, -0.15) is 0 Å². The number of amides is 1. The Hall–Kier alpha value is -0.840. The van der Waals surface area contributed by atoms with Gasteiger partial charge in [0.2, 0.25) is 0 Å². The fourth-order valence-corrected chi connectivity index (χ4v) is 3.13. The van der Waals surface area contributed by atoms with Crippen LogP contribution in [0.3, 0.4) is 0 Å². The zero-order chi connectivity index (χ0) is 15.4. The van der Waals surface area contributed by atoms with Crippen LogP contribution in [0, 0.1) is 0 Å². The molecule has 2 rings (SSSR count). The maximum absolute atomic E-state index is 12.8. The van der Waals surface area contributed by atoms with Gasteiger partial charge in [0.05, 0.1) is 5.56 Å². The van der Waals surface area contributed by atoms with E-state index in [1.54, 1.807) is 12.1 Å². The van der Waals surface area contributed by atoms with Gasteiger partial charge in [0.15, 0.2) is 0 Å². The number of carbonyl (C=O) groups is 1. The second kappa shape index (κ2) is 7.43. The summed E-state index contributed by atoms with van der Waals surface area (Å²) in [7, 11) is 4.02. The first-order valence-electron chi connectivity index (χ1n) is 7.27. The van der Waals surface area contributed by atoms with Crippen molar-refractivity contribution < 1.29 is 4.79 Å². The molecule has 1 amide bonds. The minimum absolute atomic E-state index is 0.0436. The SMILES string of the molecule is CN(C)CCN(C(=O)c1ccc(Cl)nc1Cl)C1CCCC1. The van der Waals surface area contributed by atoms with Gasteiger partial charge in [-0.05, 0) is 39.1 Å². The lowest BCUT2D eigenvalue weighted by atomic mass is 10.1. The van der Waals surface area contributed by atoms with Gasteiger partial charge in [0.25, 0.3) is 5.91 Å². The maximum Gasteiger partial charge on any atom is 0.257 e. The van der Waals surface area contributed by atoms with Gasteiger partial charge in [0.1, 0.15) is 10.3 Å². The highest BCUT2D eigenvalue weighted by Crippen LogP contribution is 2.26. The summed E-state index contributed by atoms with van der Waals surface area (Å²) in [6, 6.07) is 3.58. The van der Waals surface area contributed by atoms with Crippen LogP contribution in [0.1, 0.15) is 36.0 Å². The molecule has 0 N–H and O–H groups in total. The molecule has 0 saturated heterocycles. The molecule has 1 fully saturated rings. The smallest absolute Gasteiger partial charge is 0.257 e. The van der Waals surface area contributed by atoms with Crippen LogP contribution in [0.15, 0.2) is 12.1 Å². The lowest BCUT2D eigenvalue weighted by Crippen LogP contribution is -2.42. The van der Waals surface area contributed by atoms with Crippen LogP contribution in [-0.4, -0.2) is 53.9 Å². The fourth-order valence-electron chi connectivity index (χ4n) is 2.70. The molecule has 1 aromatic heterocycles. The van der Waals surface area contributed by atoms with Gasteiger partial charge in [0, 0.05) is 19.1 Å². The molecule has 0 bridgehead atoms. The highest BCUT2D eigenvalue weighted by atomic mass is 35.5. The van der Waals surface area contributed by atoms with Crippen molar-refractivity contribution in [3.63, 3.8) is 0 Å². The molecule has 0 radical (unpaired) electrons. The van der Waals surface area contributed by atoms with Crippen LogP contribution in [0.5, 0.6) is 0 Å². The minimum Gasteiger partial charge on any atom is -0.334 e. The molecule has 0 spiro atoms. The minimum atomic E-state index is -0.0436. The van der Waals surface area contributed by atoms with Crippen LogP contribution < -0.4 is 0 Å². The molecule has 1 aliphatic carbocycles. The molecular weight excluding hydrogens is 309 g/mol. The molecule has 1 saturated carbocycles. The summed E-state index contributed by atoms with van der Waals surface area (Å²) in [5.41, 5.74) is 0.437. The largest absolute Gasteiger partial charge is 0.334 e. The van der Waals surface area contributed by atoms with Gasteiger partial charge < -0.3 is 9.80 Å². The fraction of sp³-hybridized carbons (Fsp3) is 0.600. The van der Waals surface area contributed by atoms with Crippen molar-refractivity contribution in [2.45, 2.75) is 31.7 Å². The zero-order valence-electron chi connectivity index (χ0n) is 12.5. The molecule has 1 heterocycles. The van der Waals surface area contributed by atoms with Crippen LogP contribution in [-0.2, 0) is 0 Å². The molecule has 4 nitrogen and oxygen atoms in total. The van der Waals surface area contributed by atoms with Gasteiger partial charge >= 0.3 is 0 Å². The number of nitrogens with zero attached hydrogens (tertiary/aromatic N) is 3. The number of pyridine rings is 1. The van der Waals surface area contributed by atoms with Crippen molar-refractivity contribution in [2.24, 2.45) is 0 Å². The van der Waals surface area contributed by atoms with Crippen molar-refractivity contribution in [1.29, 1.82) is 0 Å². The van der Waals surface area contributed by atoms with Crippen LogP contribution in [0.25, 0.3) is 0 Å². The van der Waals surface area contributed by atoms with Crippen molar-refractivity contribution in [2.75, 3.05) is 27.2 Å². The topological polar surface area (TPSA) is 36.4 Å². The Morgan fingerprint density at radius 2 is 1.90 bits per heavy atom. The van der Waals surface area contributed by atoms with E-state index in [1.165, 1.54) is 12.8 Å². The van der Waals surface area contributed by atoms with Crippen molar-refractivity contribution >= 4 is 29.1 Å². The first-order chi connectivity index (χ1) is 9.99. The Kier molecular flexibility index (Phi) is 5.85. The maximum atomic E-state index is 12.8. The molecule has 1 aliphatic rings. The van der Waals surface area contributed by atoms with Gasteiger partial charge in [-0.1, -0.05) is 36.0 Å². The Labute approximate surface area is 136 Å². The molecule has 0 atom stereocenters. The number of aromatic nitrogens is 1. The average molecular weight is 330 g/mol. The third-order valence-corrected chi connectivity index (χ3v) is 4.36. The summed E-state index contributed by atoms with van der Waals surface area (Å²) in [6.07, 6.45) is 4.50. The predicted molar refractivity (Wildman–Crippen MR) is 86.1 cm³/mol. The van der Waals surface area contributed by atoms with E-state index in [-0.39, 0.29) is 11.1 Å². The predicted octanol–water partition coefficient (Wildman–Crippen LogP) is 3.33. The molecule has 0 aliphatic heterocycles. The van der Waals surface area contributed by atoms with Gasteiger partial charge in [-0.3, -0.25) is 4.79 Å². The third kappa shape index (κ3) is 4.31. The van der Waals surface area contributed by atoms with E-state index in [0.29, 0.717) is 23.3 Å². The lowest BCUT2D eigenvalue weighted by Gasteiger charge is -2.30. The first kappa shape index (κ1) is 16.5. The van der Waals surface area contributed by atoms with E-state index >= 15 is 0 Å². The van der Waals surface area contributed by atoms with Crippen LogP contribution in [0.4, 0.5) is 0 Å². The van der Waals surface area contributed by atoms with Gasteiger partial charge in [-0.25, -0.2) is 4.98 Å². The van der Waals surface area contributed by atoms with Crippen LogP contribution in [0.2, 0.25) is 10.3 Å². The molecule has 0 aromatic carbocycles. The second-order valence-electron chi connectivity index (χ2n) is 5.71. The van der Waals surface area contributed by atoms with Crippen LogP contribution >= 0.6 is 23.2 Å². The molecule has 1 aromatic rings. The molecule has 6 heteroatoms. The number of carbonyl (C=O) groups excluding carboxylic acids is 1. The molecule has 21 heavy (non-hydrogen) atoms. The van der Waals surface area contributed by atoms with E-state index in [0.717, 1.165) is 19.4 Å². The first-order valence-corrected chi connectivity index (χ1v) is 8.02. The number of hydrogen-bond acceptors (Lipinski definition) is 3. The second-order valence-corrected chi connectivity index (χ2v) is 6.46. The molecular formula is C15H21Cl2N3O. The Morgan fingerprint density at radius 3 is 2.48 bits per heavy atom. The highest BCUT2D eigenvalue weighted by Gasteiger charge is 2.28. The number of hydrogen-bond donors (Lipinski definition) is 0. The standard InChI is InChI=1S/C15H21Cl2N3O/c1-19(2)9-10-20(11-5-3-4-6-11)15(21)12-7-8-13(16)18-14(12)17/h7-8,11H,3-6,9-10H2,1-2H3. The third-order valence-electron chi connectivity index (χ3n) is 3.86. The van der Waals surface area contributed by atoms with E-state index in [2.05, 4.69) is 9.88 Å². The monoisotopic (exact) mass is 329 g/mol. The number of halogens is 2. The molecule has 0 unspecified atom stereocenters. The Balaban J connectivity index is 2.19. The molecule has 116 valence electrons. The van der Waals surface area contributed by atoms with Gasteiger partial charge in [-0.15, -0.1) is 0 Å². The highest BCUT2D eigenvalue weighted by molar-refractivity contribution is 6.34. The normalized spacial score (nSPS) is 15.7. The summed E-state index contributed by atoms with van der Waals surface area (Å²) in [5, 5.41) is 0.484.